The predicted molar refractivity (Wildman–Crippen MR) is 68.0 cm³/mol. The van der Waals surface area contributed by atoms with Crippen LogP contribution in [0.3, 0.4) is 0 Å². The van der Waals surface area contributed by atoms with Crippen LogP contribution in [0.25, 0.3) is 0 Å². The summed E-state index contributed by atoms with van der Waals surface area (Å²) in [6.07, 6.45) is -4.46. The molecule has 0 spiro atoms. The van der Waals surface area contributed by atoms with Crippen molar-refractivity contribution >= 4 is 33.2 Å². The fraction of sp³-hybridized carbons (Fsp3) is 0.545. The first-order valence-corrected chi connectivity index (χ1v) is 7.14. The summed E-state index contributed by atoms with van der Waals surface area (Å²) in [6, 6.07) is 3.65. The number of aliphatic carboxylic acids is 1. The van der Waals surface area contributed by atoms with Crippen LogP contribution in [0, 0.1) is 11.8 Å². The van der Waals surface area contributed by atoms with Gasteiger partial charge < -0.3 is 5.11 Å². The summed E-state index contributed by atoms with van der Waals surface area (Å²) < 4.78 is 39.3. The van der Waals surface area contributed by atoms with Crippen LogP contribution < -0.4 is 0 Å². The molecule has 3 nitrogen and oxygen atoms in total. The Morgan fingerprint density at radius 1 is 1.47 bits per heavy atom. The third-order valence-electron chi connectivity index (χ3n) is 3.14. The minimum Gasteiger partial charge on any atom is -0.481 e. The summed E-state index contributed by atoms with van der Waals surface area (Å²) in [5.41, 5.74) is 0. The summed E-state index contributed by atoms with van der Waals surface area (Å²) in [4.78, 5) is 13.4. The highest BCUT2D eigenvalue weighted by Crippen LogP contribution is 2.38. The second kappa shape index (κ2) is 5.41. The first-order chi connectivity index (χ1) is 8.77. The maximum Gasteiger partial charge on any atom is 0.393 e. The van der Waals surface area contributed by atoms with E-state index in [1.807, 2.05) is 12.1 Å². The summed E-state index contributed by atoms with van der Waals surface area (Å²) in [6.45, 7) is 0.0393. The van der Waals surface area contributed by atoms with E-state index in [0.29, 0.717) is 6.54 Å². The predicted octanol–water partition coefficient (Wildman–Crippen LogP) is 3.21. The number of carboxylic acids is 1. The molecule has 1 N–H and O–H groups in total. The fourth-order valence-corrected chi connectivity index (χ4v) is 3.78. The molecule has 1 fully saturated rings. The number of thiophene rings is 1. The SMILES string of the molecule is O=C(O)[C@@H]1CN(Cc2ccc(Br)s2)C[C@H]1C(F)(F)F. The van der Waals surface area contributed by atoms with Crippen LogP contribution in [0.5, 0.6) is 0 Å². The molecule has 1 aliphatic heterocycles. The zero-order valence-corrected chi connectivity index (χ0v) is 12.1. The Hall–Kier alpha value is -0.600. The molecule has 0 aromatic carbocycles. The maximum atomic E-state index is 12.8. The summed E-state index contributed by atoms with van der Waals surface area (Å²) in [5.74, 6) is -4.53. The third kappa shape index (κ3) is 3.49. The molecular weight excluding hydrogens is 347 g/mol. The largest absolute Gasteiger partial charge is 0.481 e. The van der Waals surface area contributed by atoms with Crippen molar-refractivity contribution in [3.05, 3.63) is 20.8 Å². The van der Waals surface area contributed by atoms with Crippen LogP contribution in [0.2, 0.25) is 0 Å². The van der Waals surface area contributed by atoms with E-state index in [4.69, 9.17) is 5.11 Å². The van der Waals surface area contributed by atoms with Crippen LogP contribution in [0.1, 0.15) is 4.88 Å². The Morgan fingerprint density at radius 2 is 2.16 bits per heavy atom. The highest BCUT2D eigenvalue weighted by Gasteiger charge is 2.52. The molecular formula is C11H11BrF3NO2S. The Labute approximate surface area is 120 Å². The maximum absolute atomic E-state index is 12.8. The molecule has 2 rings (SSSR count). The molecule has 0 radical (unpaired) electrons. The molecule has 0 saturated carbocycles. The number of alkyl halides is 3. The van der Waals surface area contributed by atoms with E-state index in [-0.39, 0.29) is 13.1 Å². The van der Waals surface area contributed by atoms with Crippen LogP contribution >= 0.6 is 27.3 Å². The molecule has 0 amide bonds. The first kappa shape index (κ1) is 14.8. The Kier molecular flexibility index (Phi) is 4.22. The van der Waals surface area contributed by atoms with Gasteiger partial charge in [0.1, 0.15) is 0 Å². The number of halogens is 4. The average Bonchev–Trinajstić information content (AvgIpc) is 2.85. The van der Waals surface area contributed by atoms with Crippen molar-refractivity contribution in [3.8, 4) is 0 Å². The third-order valence-corrected chi connectivity index (χ3v) is 4.75. The van der Waals surface area contributed by atoms with Gasteiger partial charge in [-0.05, 0) is 28.1 Å². The number of likely N-dealkylation sites (tertiary alicyclic amines) is 1. The topological polar surface area (TPSA) is 40.5 Å². The van der Waals surface area contributed by atoms with Gasteiger partial charge in [0.15, 0.2) is 0 Å². The highest BCUT2D eigenvalue weighted by atomic mass is 79.9. The van der Waals surface area contributed by atoms with Crippen molar-refractivity contribution in [3.63, 3.8) is 0 Å². The zero-order valence-electron chi connectivity index (χ0n) is 9.65. The smallest absolute Gasteiger partial charge is 0.393 e. The van der Waals surface area contributed by atoms with Gasteiger partial charge in [0.25, 0.3) is 0 Å². The zero-order chi connectivity index (χ0) is 14.2. The minimum absolute atomic E-state index is 0.0605. The van der Waals surface area contributed by atoms with Gasteiger partial charge in [0, 0.05) is 24.5 Å². The van der Waals surface area contributed by atoms with E-state index in [0.717, 1.165) is 8.66 Å². The minimum atomic E-state index is -4.46. The van der Waals surface area contributed by atoms with E-state index >= 15 is 0 Å². The van der Waals surface area contributed by atoms with E-state index < -0.39 is 24.0 Å². The summed E-state index contributed by atoms with van der Waals surface area (Å²) in [5, 5.41) is 8.90. The average molecular weight is 358 g/mol. The number of nitrogens with zero attached hydrogens (tertiary/aromatic N) is 1. The number of hydrogen-bond donors (Lipinski definition) is 1. The quantitative estimate of drug-likeness (QED) is 0.902. The normalized spacial score (nSPS) is 24.8. The van der Waals surface area contributed by atoms with Crippen molar-refractivity contribution < 1.29 is 23.1 Å². The lowest BCUT2D eigenvalue weighted by Gasteiger charge is -2.18. The van der Waals surface area contributed by atoms with Crippen LogP contribution in [0.4, 0.5) is 13.2 Å². The van der Waals surface area contributed by atoms with Crippen molar-refractivity contribution in [1.29, 1.82) is 0 Å². The van der Waals surface area contributed by atoms with Gasteiger partial charge in [-0.15, -0.1) is 11.3 Å². The number of hydrogen-bond acceptors (Lipinski definition) is 3. The van der Waals surface area contributed by atoms with E-state index in [1.165, 1.54) is 11.3 Å². The van der Waals surface area contributed by atoms with Gasteiger partial charge in [-0.2, -0.15) is 13.2 Å². The number of rotatable bonds is 3. The molecule has 2 heterocycles. The Morgan fingerprint density at radius 3 is 2.58 bits per heavy atom. The van der Waals surface area contributed by atoms with Crippen LogP contribution in [-0.2, 0) is 11.3 Å². The summed E-state index contributed by atoms with van der Waals surface area (Å²) >= 11 is 4.73. The number of carbonyl (C=O) groups is 1. The van der Waals surface area contributed by atoms with Crippen molar-refractivity contribution in [2.45, 2.75) is 12.7 Å². The molecule has 1 aliphatic rings. The second-order valence-corrected chi connectivity index (χ2v) is 7.04. The Bertz CT molecular complexity index is 477. The second-order valence-electron chi connectivity index (χ2n) is 4.49. The molecule has 0 bridgehead atoms. The molecule has 1 saturated heterocycles. The Balaban J connectivity index is 2.07. The van der Waals surface area contributed by atoms with Gasteiger partial charge in [-0.1, -0.05) is 0 Å². The van der Waals surface area contributed by atoms with Gasteiger partial charge in [0.2, 0.25) is 0 Å². The molecule has 1 aromatic heterocycles. The van der Waals surface area contributed by atoms with E-state index in [1.54, 1.807) is 4.90 Å². The fourth-order valence-electron chi connectivity index (χ4n) is 2.25. The highest BCUT2D eigenvalue weighted by molar-refractivity contribution is 9.11. The molecule has 19 heavy (non-hydrogen) atoms. The van der Waals surface area contributed by atoms with Gasteiger partial charge >= 0.3 is 12.1 Å². The number of carboxylic acid groups (broad SMARTS) is 1. The lowest BCUT2D eigenvalue weighted by atomic mass is 9.96. The molecule has 1 aromatic rings. The molecule has 0 unspecified atom stereocenters. The van der Waals surface area contributed by atoms with E-state index in [9.17, 15) is 18.0 Å². The van der Waals surface area contributed by atoms with Gasteiger partial charge in [-0.3, -0.25) is 9.69 Å². The van der Waals surface area contributed by atoms with Crippen LogP contribution in [0.15, 0.2) is 15.9 Å². The van der Waals surface area contributed by atoms with E-state index in [2.05, 4.69) is 15.9 Å². The molecule has 0 aliphatic carbocycles. The van der Waals surface area contributed by atoms with Gasteiger partial charge in [0.05, 0.1) is 15.6 Å². The molecule has 106 valence electrons. The monoisotopic (exact) mass is 357 g/mol. The van der Waals surface area contributed by atoms with Gasteiger partial charge in [-0.25, -0.2) is 0 Å². The van der Waals surface area contributed by atoms with Crippen molar-refractivity contribution in [1.82, 2.24) is 4.90 Å². The van der Waals surface area contributed by atoms with Crippen molar-refractivity contribution in [2.75, 3.05) is 13.1 Å². The van der Waals surface area contributed by atoms with Crippen molar-refractivity contribution in [2.24, 2.45) is 11.8 Å². The summed E-state index contributed by atoms with van der Waals surface area (Å²) in [7, 11) is 0. The van der Waals surface area contributed by atoms with Crippen LogP contribution in [-0.4, -0.2) is 35.2 Å². The lowest BCUT2D eigenvalue weighted by molar-refractivity contribution is -0.188. The molecule has 8 heteroatoms. The lowest BCUT2D eigenvalue weighted by Crippen LogP contribution is -2.33. The molecule has 2 atom stereocenters. The standard InChI is InChI=1S/C11H11BrF3NO2S/c12-9-2-1-6(19-9)3-16-4-7(10(17)18)8(5-16)11(13,14)15/h1-2,7-8H,3-5H2,(H,17,18)/t7-,8-/m1/s1. The first-order valence-electron chi connectivity index (χ1n) is 5.53.